The van der Waals surface area contributed by atoms with Gasteiger partial charge in [0.15, 0.2) is 0 Å². The number of nitrogens with one attached hydrogen (secondary N) is 1. The highest BCUT2D eigenvalue weighted by Gasteiger charge is 2.28. The molecule has 1 aliphatic rings. The molecule has 33 heavy (non-hydrogen) atoms. The van der Waals surface area contributed by atoms with Crippen molar-refractivity contribution in [1.82, 2.24) is 14.9 Å². The number of carbonyl (C=O) groups excluding carboxylic acids is 2. The lowest BCUT2D eigenvalue weighted by atomic mass is 10.1. The van der Waals surface area contributed by atoms with Gasteiger partial charge in [0.2, 0.25) is 11.9 Å². The molecule has 0 saturated carbocycles. The Morgan fingerprint density at radius 1 is 1.09 bits per heavy atom. The maximum atomic E-state index is 13.1. The lowest BCUT2D eigenvalue weighted by Crippen LogP contribution is -2.53. The van der Waals surface area contributed by atoms with E-state index in [0.29, 0.717) is 16.5 Å². The number of amides is 1. The molecule has 0 spiro atoms. The summed E-state index contributed by atoms with van der Waals surface area (Å²) in [5.41, 5.74) is 1.37. The zero-order valence-corrected chi connectivity index (χ0v) is 19.5. The average molecular weight is 466 g/mol. The standard InChI is InChI=1S/C24H27N5O3S/c1-3-32-23(31)19-16-20(18-8-5-4-6-9-18)33-22(19)27-21(30)17(2)28-12-14-29(15-13-28)24-25-10-7-11-26-24/h4-11,16-17H,3,12-15H2,1-2H3,(H,27,30)/t17-/m1/s1. The largest absolute Gasteiger partial charge is 0.462 e. The molecule has 1 fully saturated rings. The van der Waals surface area contributed by atoms with Crippen LogP contribution >= 0.6 is 11.3 Å². The molecule has 1 aliphatic heterocycles. The molecule has 1 amide bonds. The number of aromatic nitrogens is 2. The van der Waals surface area contributed by atoms with Gasteiger partial charge in [-0.15, -0.1) is 11.3 Å². The van der Waals surface area contributed by atoms with E-state index in [-0.39, 0.29) is 18.6 Å². The molecule has 0 bridgehead atoms. The third kappa shape index (κ3) is 5.37. The van der Waals surface area contributed by atoms with Crippen LogP contribution in [0.1, 0.15) is 24.2 Å². The van der Waals surface area contributed by atoms with Crippen molar-refractivity contribution in [3.8, 4) is 10.4 Å². The van der Waals surface area contributed by atoms with Crippen molar-refractivity contribution in [2.75, 3.05) is 43.0 Å². The highest BCUT2D eigenvalue weighted by atomic mass is 32.1. The molecule has 9 heteroatoms. The second-order valence-electron chi connectivity index (χ2n) is 7.68. The van der Waals surface area contributed by atoms with E-state index in [1.165, 1.54) is 11.3 Å². The lowest BCUT2D eigenvalue weighted by Gasteiger charge is -2.37. The van der Waals surface area contributed by atoms with Crippen LogP contribution < -0.4 is 10.2 Å². The number of rotatable bonds is 7. The van der Waals surface area contributed by atoms with Crippen molar-refractivity contribution < 1.29 is 14.3 Å². The van der Waals surface area contributed by atoms with Crippen LogP contribution in [0.3, 0.4) is 0 Å². The van der Waals surface area contributed by atoms with E-state index >= 15 is 0 Å². The van der Waals surface area contributed by atoms with Crippen LogP contribution in [0.4, 0.5) is 10.9 Å². The smallest absolute Gasteiger partial charge is 0.341 e. The number of ether oxygens (including phenoxy) is 1. The van der Waals surface area contributed by atoms with Crippen LogP contribution in [0.2, 0.25) is 0 Å². The molecule has 1 saturated heterocycles. The summed E-state index contributed by atoms with van der Waals surface area (Å²) in [5.74, 6) is 0.127. The van der Waals surface area contributed by atoms with E-state index in [0.717, 1.165) is 36.6 Å². The number of thiophene rings is 1. The van der Waals surface area contributed by atoms with Gasteiger partial charge in [-0.25, -0.2) is 14.8 Å². The molecule has 2 aromatic heterocycles. The Labute approximate surface area is 197 Å². The number of carbonyl (C=O) groups is 2. The third-order valence-electron chi connectivity index (χ3n) is 5.60. The van der Waals surface area contributed by atoms with E-state index in [2.05, 4.69) is 25.1 Å². The topological polar surface area (TPSA) is 87.7 Å². The predicted octanol–water partition coefficient (Wildman–Crippen LogP) is 3.53. The summed E-state index contributed by atoms with van der Waals surface area (Å²) < 4.78 is 5.22. The maximum absolute atomic E-state index is 13.1. The minimum atomic E-state index is -0.435. The number of hydrogen-bond donors (Lipinski definition) is 1. The fraction of sp³-hybridized carbons (Fsp3) is 0.333. The number of esters is 1. The fourth-order valence-corrected chi connectivity index (χ4v) is 4.79. The summed E-state index contributed by atoms with van der Waals surface area (Å²) in [5, 5.41) is 3.49. The number of nitrogens with zero attached hydrogens (tertiary/aromatic N) is 4. The summed E-state index contributed by atoms with van der Waals surface area (Å²) >= 11 is 1.38. The monoisotopic (exact) mass is 465 g/mol. The first kappa shape index (κ1) is 22.9. The zero-order valence-electron chi connectivity index (χ0n) is 18.7. The molecule has 8 nitrogen and oxygen atoms in total. The van der Waals surface area contributed by atoms with Crippen LogP contribution in [0.5, 0.6) is 0 Å². The molecular weight excluding hydrogens is 438 g/mol. The molecule has 1 atom stereocenters. The molecule has 3 aromatic rings. The van der Waals surface area contributed by atoms with Crippen LogP contribution in [-0.2, 0) is 9.53 Å². The second-order valence-corrected chi connectivity index (χ2v) is 8.73. The molecule has 1 aromatic carbocycles. The van der Waals surface area contributed by atoms with Crippen LogP contribution in [0, 0.1) is 0 Å². The van der Waals surface area contributed by atoms with Gasteiger partial charge >= 0.3 is 5.97 Å². The van der Waals surface area contributed by atoms with Gasteiger partial charge in [0.05, 0.1) is 18.2 Å². The van der Waals surface area contributed by atoms with Gasteiger partial charge in [-0.1, -0.05) is 30.3 Å². The van der Waals surface area contributed by atoms with Gasteiger partial charge in [0.25, 0.3) is 0 Å². The van der Waals surface area contributed by atoms with Crippen LogP contribution in [-0.4, -0.2) is 65.6 Å². The van der Waals surface area contributed by atoms with Gasteiger partial charge in [-0.05, 0) is 31.5 Å². The molecule has 172 valence electrons. The van der Waals surface area contributed by atoms with Crippen molar-refractivity contribution in [3.05, 3.63) is 60.4 Å². The Hall–Kier alpha value is -3.30. The highest BCUT2D eigenvalue weighted by Crippen LogP contribution is 2.36. The summed E-state index contributed by atoms with van der Waals surface area (Å²) in [4.78, 5) is 39.4. The first-order valence-electron chi connectivity index (χ1n) is 11.0. The number of piperazine rings is 1. The van der Waals surface area contributed by atoms with Gasteiger partial charge in [0, 0.05) is 43.4 Å². The Bertz CT molecular complexity index is 1080. The highest BCUT2D eigenvalue weighted by molar-refractivity contribution is 7.20. The van der Waals surface area contributed by atoms with E-state index in [1.807, 2.05) is 37.3 Å². The van der Waals surface area contributed by atoms with Crippen molar-refractivity contribution in [2.24, 2.45) is 0 Å². The van der Waals surface area contributed by atoms with Crippen molar-refractivity contribution in [1.29, 1.82) is 0 Å². The first-order valence-corrected chi connectivity index (χ1v) is 11.8. The van der Waals surface area contributed by atoms with Crippen LogP contribution in [0.25, 0.3) is 10.4 Å². The molecule has 1 N–H and O–H groups in total. The summed E-state index contributed by atoms with van der Waals surface area (Å²) in [7, 11) is 0. The second kappa shape index (κ2) is 10.5. The predicted molar refractivity (Wildman–Crippen MR) is 130 cm³/mol. The summed E-state index contributed by atoms with van der Waals surface area (Å²) in [6.07, 6.45) is 3.47. The van der Waals surface area contributed by atoms with Gasteiger partial charge < -0.3 is 15.0 Å². The third-order valence-corrected chi connectivity index (χ3v) is 6.70. The first-order chi connectivity index (χ1) is 16.1. The van der Waals surface area contributed by atoms with Crippen molar-refractivity contribution >= 4 is 34.2 Å². The normalized spacial score (nSPS) is 15.2. The minimum absolute atomic E-state index is 0.147. The molecule has 4 rings (SSSR count). The average Bonchev–Trinajstić information content (AvgIpc) is 3.29. The Balaban J connectivity index is 1.45. The quantitative estimate of drug-likeness (QED) is 0.534. The van der Waals surface area contributed by atoms with E-state index in [4.69, 9.17) is 4.74 Å². The maximum Gasteiger partial charge on any atom is 0.341 e. The van der Waals surface area contributed by atoms with Gasteiger partial charge in [-0.3, -0.25) is 9.69 Å². The Morgan fingerprint density at radius 2 is 1.79 bits per heavy atom. The molecule has 0 aliphatic carbocycles. The molecular formula is C24H27N5O3S. The molecule has 3 heterocycles. The van der Waals surface area contributed by atoms with Crippen molar-refractivity contribution in [2.45, 2.75) is 19.9 Å². The molecule has 0 radical (unpaired) electrons. The number of benzene rings is 1. The van der Waals surface area contributed by atoms with E-state index < -0.39 is 5.97 Å². The van der Waals surface area contributed by atoms with Gasteiger partial charge in [-0.2, -0.15) is 0 Å². The number of anilines is 2. The van der Waals surface area contributed by atoms with E-state index in [9.17, 15) is 9.59 Å². The SMILES string of the molecule is CCOC(=O)c1cc(-c2ccccc2)sc1NC(=O)[C@@H](C)N1CCN(c2ncccn2)CC1. The molecule has 0 unspecified atom stereocenters. The summed E-state index contributed by atoms with van der Waals surface area (Å²) in [6, 6.07) is 13.0. The Kier molecular flexibility index (Phi) is 7.31. The van der Waals surface area contributed by atoms with Gasteiger partial charge in [0.1, 0.15) is 5.00 Å². The zero-order chi connectivity index (χ0) is 23.2. The Morgan fingerprint density at radius 3 is 2.45 bits per heavy atom. The fourth-order valence-electron chi connectivity index (χ4n) is 3.73. The minimum Gasteiger partial charge on any atom is -0.462 e. The van der Waals surface area contributed by atoms with Crippen molar-refractivity contribution in [3.63, 3.8) is 0 Å². The van der Waals surface area contributed by atoms with E-state index in [1.54, 1.807) is 31.5 Å². The lowest BCUT2D eigenvalue weighted by molar-refractivity contribution is -0.120. The summed E-state index contributed by atoms with van der Waals surface area (Å²) in [6.45, 7) is 6.85. The number of hydrogen-bond acceptors (Lipinski definition) is 8. The van der Waals surface area contributed by atoms with Crippen LogP contribution in [0.15, 0.2) is 54.9 Å².